The summed E-state index contributed by atoms with van der Waals surface area (Å²) in [6.45, 7) is 1.45. The lowest BCUT2D eigenvalue weighted by Gasteiger charge is -2.09. The third kappa shape index (κ3) is 6.92. The number of hydrogen-bond acceptors (Lipinski definition) is 11. The quantitative estimate of drug-likeness (QED) is 0.0355. The van der Waals surface area contributed by atoms with E-state index in [2.05, 4.69) is 30.1 Å². The van der Waals surface area contributed by atoms with E-state index in [9.17, 15) is 22.9 Å². The molecule has 0 aliphatic carbocycles. The van der Waals surface area contributed by atoms with E-state index >= 15 is 0 Å². The number of hydrazone groups is 1. The van der Waals surface area contributed by atoms with Crippen LogP contribution in [0.3, 0.4) is 0 Å². The summed E-state index contributed by atoms with van der Waals surface area (Å²) in [6, 6.07) is 15.1. The van der Waals surface area contributed by atoms with Gasteiger partial charge in [-0.3, -0.25) is 14.8 Å². The Kier molecular flexibility index (Phi) is 8.64. The summed E-state index contributed by atoms with van der Waals surface area (Å²) in [5.41, 5.74) is 3.48. The van der Waals surface area contributed by atoms with Crippen molar-refractivity contribution in [3.63, 3.8) is 0 Å². The van der Waals surface area contributed by atoms with E-state index in [4.69, 9.17) is 5.26 Å². The lowest BCUT2D eigenvalue weighted by atomic mass is 10.2. The molecule has 4 N–H and O–H groups in total. The van der Waals surface area contributed by atoms with E-state index in [1.54, 1.807) is 30.3 Å². The molecule has 0 radical (unpaired) electrons. The Labute approximate surface area is 203 Å². The third-order valence-electron chi connectivity index (χ3n) is 4.43. The van der Waals surface area contributed by atoms with Crippen molar-refractivity contribution in [1.82, 2.24) is 0 Å². The number of benzene rings is 3. The fraction of sp³-hybridized carbons (Fsp3) is 0.0476. The third-order valence-corrected chi connectivity index (χ3v) is 5.83. The molecule has 3 aromatic carbocycles. The number of carbonyl (C=O) groups excluding carboxylic acids is 1. The van der Waals surface area contributed by atoms with Crippen molar-refractivity contribution in [2.24, 2.45) is 15.3 Å². The normalized spacial score (nSPS) is 12.1. The molecule has 0 spiro atoms. The van der Waals surface area contributed by atoms with E-state index in [1.807, 2.05) is 0 Å². The van der Waals surface area contributed by atoms with Crippen LogP contribution in [-0.2, 0) is 19.5 Å². The van der Waals surface area contributed by atoms with E-state index in [0.29, 0.717) is 28.8 Å². The topological polar surface area (TPSA) is 179 Å². The Bertz CT molecular complexity index is 1380. The van der Waals surface area contributed by atoms with Crippen LogP contribution in [0.5, 0.6) is 5.75 Å². The maximum Gasteiger partial charge on any atom is 0.294 e. The van der Waals surface area contributed by atoms with Gasteiger partial charge in [0.2, 0.25) is 5.84 Å². The van der Waals surface area contributed by atoms with Crippen LogP contribution in [0.15, 0.2) is 85.8 Å². The number of carbonyl (C=O) groups is 1. The van der Waals surface area contributed by atoms with Gasteiger partial charge in [0.25, 0.3) is 10.1 Å². The molecule has 0 heterocycles. The summed E-state index contributed by atoms with van der Waals surface area (Å²) in [5.74, 6) is -0.269. The van der Waals surface area contributed by atoms with Crippen molar-refractivity contribution in [3.05, 3.63) is 77.4 Å². The zero-order valence-corrected chi connectivity index (χ0v) is 19.5. The van der Waals surface area contributed by atoms with Crippen LogP contribution in [0, 0.1) is 6.92 Å². The van der Waals surface area contributed by atoms with Crippen molar-refractivity contribution < 1.29 is 37.5 Å². The number of aromatic hydroxyl groups is 1. The number of anilines is 1. The highest BCUT2D eigenvalue weighted by molar-refractivity contribution is 7.94. The average molecular weight is 519 g/mol. The van der Waals surface area contributed by atoms with Gasteiger partial charge in [-0.15, -0.1) is 14.6 Å². The van der Waals surface area contributed by atoms with Gasteiger partial charge < -0.3 is 5.11 Å². The highest BCUT2D eigenvalue weighted by atomic mass is 32.2. The van der Waals surface area contributed by atoms with Crippen LogP contribution >= 0.6 is 12.0 Å². The number of hydrogen-bond donors (Lipinski definition) is 4. The largest absolute Gasteiger partial charge is 0.505 e. The summed E-state index contributed by atoms with van der Waals surface area (Å²) in [5, 5.41) is 34.5. The Morgan fingerprint density at radius 1 is 1.11 bits per heavy atom. The Balaban J connectivity index is 2.02. The molecule has 182 valence electrons. The summed E-state index contributed by atoms with van der Waals surface area (Å²) < 4.78 is 36.8. The van der Waals surface area contributed by atoms with Crippen molar-refractivity contribution in [2.45, 2.75) is 16.7 Å². The molecule has 0 fully saturated rings. The van der Waals surface area contributed by atoms with Crippen molar-refractivity contribution in [2.75, 3.05) is 5.43 Å². The number of aryl methyl sites for hydroxylation is 1. The molecule has 0 saturated carbocycles. The minimum absolute atomic E-state index is 0.0183. The van der Waals surface area contributed by atoms with Gasteiger partial charge in [-0.25, -0.2) is 5.26 Å². The SMILES string of the molecule is Cc1cc(S(=O)(=O)O)cc(N/N=C(\N=Nc2cc(SOOO)ccc2C=O)c2ccccc2)c1O. The summed E-state index contributed by atoms with van der Waals surface area (Å²) in [7, 11) is -4.53. The highest BCUT2D eigenvalue weighted by Gasteiger charge is 2.16. The first-order valence-corrected chi connectivity index (χ1v) is 11.8. The van der Waals surface area contributed by atoms with Gasteiger partial charge in [0.1, 0.15) is 5.75 Å². The molecule has 0 unspecified atom stereocenters. The summed E-state index contributed by atoms with van der Waals surface area (Å²) in [6.07, 6.45) is 0.575. The van der Waals surface area contributed by atoms with Crippen LogP contribution < -0.4 is 5.43 Å². The number of phenolic OH excluding ortho intramolecular Hbond substituents is 1. The van der Waals surface area contributed by atoms with E-state index in [0.717, 1.165) is 12.1 Å². The first-order chi connectivity index (χ1) is 16.7. The van der Waals surface area contributed by atoms with Gasteiger partial charge in [0.05, 0.1) is 28.3 Å². The second kappa shape index (κ2) is 11.7. The van der Waals surface area contributed by atoms with Crippen molar-refractivity contribution >= 4 is 45.7 Å². The number of nitrogens with one attached hydrogen (secondary N) is 1. The fourth-order valence-electron chi connectivity index (χ4n) is 2.74. The van der Waals surface area contributed by atoms with Crippen molar-refractivity contribution in [1.29, 1.82) is 0 Å². The van der Waals surface area contributed by atoms with Gasteiger partial charge >= 0.3 is 0 Å². The molecular weight excluding hydrogens is 500 g/mol. The molecule has 12 nitrogen and oxygen atoms in total. The smallest absolute Gasteiger partial charge is 0.294 e. The molecule has 0 aliphatic heterocycles. The number of azo groups is 1. The predicted molar refractivity (Wildman–Crippen MR) is 126 cm³/mol. The average Bonchev–Trinajstić information content (AvgIpc) is 2.85. The van der Waals surface area contributed by atoms with E-state index in [1.165, 1.54) is 25.1 Å². The number of aldehydes is 1. The Hall–Kier alpha value is -3.66. The molecule has 0 amide bonds. The highest BCUT2D eigenvalue weighted by Crippen LogP contribution is 2.31. The minimum atomic E-state index is -4.53. The monoisotopic (exact) mass is 518 g/mol. The molecule has 0 atom stereocenters. The predicted octanol–water partition coefficient (Wildman–Crippen LogP) is 4.75. The molecule has 3 rings (SSSR count). The molecule has 35 heavy (non-hydrogen) atoms. The second-order valence-corrected chi connectivity index (χ2v) is 8.98. The van der Waals surface area contributed by atoms with Gasteiger partial charge in [0, 0.05) is 16.0 Å². The zero-order chi connectivity index (χ0) is 25.4. The van der Waals surface area contributed by atoms with Gasteiger partial charge in [-0.05, 0) is 42.8 Å². The summed E-state index contributed by atoms with van der Waals surface area (Å²) in [4.78, 5) is 11.4. The van der Waals surface area contributed by atoms with Gasteiger partial charge in [0.15, 0.2) is 6.29 Å². The van der Waals surface area contributed by atoms with Gasteiger partial charge in [-0.2, -0.15) is 13.5 Å². The second-order valence-electron chi connectivity index (χ2n) is 6.79. The van der Waals surface area contributed by atoms with Crippen LogP contribution in [0.4, 0.5) is 11.4 Å². The van der Waals surface area contributed by atoms with Gasteiger partial charge in [-0.1, -0.05) is 35.4 Å². The molecule has 0 bridgehead atoms. The van der Waals surface area contributed by atoms with Crippen LogP contribution in [0.2, 0.25) is 0 Å². The standard InChI is InChI=1S/C21H18N4O8S2/c1-13-9-17(35(29,30)31)11-19(20(13)27)23-25-21(14-5-3-2-4-6-14)24-22-18-10-16(34-33-32-28)8-7-15(18)12-26/h2-12,23,27-28H,1H3,(H,29,30,31)/b24-22?,25-21-. The Morgan fingerprint density at radius 3 is 2.51 bits per heavy atom. The number of rotatable bonds is 9. The van der Waals surface area contributed by atoms with Crippen LogP contribution in [0.25, 0.3) is 0 Å². The fourth-order valence-corrected chi connectivity index (χ4v) is 3.73. The molecule has 0 saturated heterocycles. The zero-order valence-electron chi connectivity index (χ0n) is 17.9. The van der Waals surface area contributed by atoms with E-state index < -0.39 is 15.0 Å². The summed E-state index contributed by atoms with van der Waals surface area (Å²) >= 11 is 0.668. The lowest BCUT2D eigenvalue weighted by molar-refractivity contribution is -0.432. The van der Waals surface area contributed by atoms with Crippen LogP contribution in [-0.4, -0.2) is 35.5 Å². The first-order valence-electron chi connectivity index (χ1n) is 9.59. The van der Waals surface area contributed by atoms with E-state index in [-0.39, 0.29) is 34.1 Å². The first kappa shape index (κ1) is 26.0. The Morgan fingerprint density at radius 2 is 1.86 bits per heavy atom. The van der Waals surface area contributed by atoms with Crippen LogP contribution in [0.1, 0.15) is 21.5 Å². The lowest BCUT2D eigenvalue weighted by Crippen LogP contribution is -2.04. The maximum absolute atomic E-state index is 11.5. The molecule has 14 heteroatoms. The molecule has 0 aromatic heterocycles. The number of phenols is 1. The number of nitrogens with zero attached hydrogens (tertiary/aromatic N) is 3. The minimum Gasteiger partial charge on any atom is -0.505 e. The molecule has 3 aromatic rings. The van der Waals surface area contributed by atoms with Crippen molar-refractivity contribution in [3.8, 4) is 5.75 Å². The molecule has 0 aliphatic rings. The maximum atomic E-state index is 11.5. The number of amidine groups is 1. The molecular formula is C21H18N4O8S2.